The number of sulfone groups is 1. The Kier molecular flexibility index (Phi) is 6.03. The number of fused-ring (bicyclic) bond motifs is 1. The van der Waals surface area contributed by atoms with Crippen LogP contribution < -0.4 is 10.1 Å². The van der Waals surface area contributed by atoms with E-state index in [9.17, 15) is 13.2 Å². The number of rotatable bonds is 6. The van der Waals surface area contributed by atoms with Gasteiger partial charge in [-0.3, -0.25) is 4.79 Å². The highest BCUT2D eigenvalue weighted by Crippen LogP contribution is 2.32. The Morgan fingerprint density at radius 3 is 2.85 bits per heavy atom. The minimum absolute atomic E-state index is 0.0200. The van der Waals surface area contributed by atoms with Crippen LogP contribution in [-0.4, -0.2) is 67.0 Å². The van der Waals surface area contributed by atoms with Crippen molar-refractivity contribution in [2.24, 2.45) is 0 Å². The highest BCUT2D eigenvalue weighted by molar-refractivity contribution is 7.91. The van der Waals surface area contributed by atoms with Gasteiger partial charge in [0.05, 0.1) is 53.1 Å². The van der Waals surface area contributed by atoms with E-state index in [2.05, 4.69) is 10.4 Å². The van der Waals surface area contributed by atoms with Crippen molar-refractivity contribution < 1.29 is 22.7 Å². The number of nitrogens with one attached hydrogen (secondary N) is 1. The van der Waals surface area contributed by atoms with Gasteiger partial charge in [0.15, 0.2) is 15.5 Å². The van der Waals surface area contributed by atoms with Crippen molar-refractivity contribution in [1.29, 1.82) is 0 Å². The van der Waals surface area contributed by atoms with E-state index in [4.69, 9.17) is 14.5 Å². The van der Waals surface area contributed by atoms with Crippen LogP contribution in [-0.2, 0) is 14.6 Å². The van der Waals surface area contributed by atoms with Gasteiger partial charge in [-0.05, 0) is 44.4 Å². The first-order valence-electron chi connectivity index (χ1n) is 11.5. The molecule has 5 rings (SSSR count). The zero-order valence-electron chi connectivity index (χ0n) is 19.3. The SMILES string of the molecule is COc1cccc(-c2cc(C(=O)NC[C@H]3CCCO3)c3c(C)nn([C@@H]4CCS(=O)(=O)C4)c3n2)c1. The molecule has 0 spiro atoms. The van der Waals surface area contributed by atoms with Gasteiger partial charge in [-0.15, -0.1) is 0 Å². The number of carbonyl (C=O) groups excluding carboxylic acids is 1. The number of nitrogens with zero attached hydrogens (tertiary/aromatic N) is 3. The molecule has 2 atom stereocenters. The summed E-state index contributed by atoms with van der Waals surface area (Å²) in [4.78, 5) is 18.2. The molecule has 180 valence electrons. The summed E-state index contributed by atoms with van der Waals surface area (Å²) in [7, 11) is -1.52. The largest absolute Gasteiger partial charge is 0.497 e. The number of amides is 1. The Bertz CT molecular complexity index is 1340. The average Bonchev–Trinajstić information content (AvgIpc) is 3.56. The monoisotopic (exact) mass is 484 g/mol. The molecule has 34 heavy (non-hydrogen) atoms. The summed E-state index contributed by atoms with van der Waals surface area (Å²) in [6.07, 6.45) is 2.42. The molecule has 2 aliphatic heterocycles. The molecule has 9 nitrogen and oxygen atoms in total. The first kappa shape index (κ1) is 22.8. The Morgan fingerprint density at radius 2 is 2.15 bits per heavy atom. The molecule has 2 saturated heterocycles. The summed E-state index contributed by atoms with van der Waals surface area (Å²) in [5.74, 6) is 0.598. The number of hydrogen-bond acceptors (Lipinski definition) is 7. The number of carbonyl (C=O) groups is 1. The van der Waals surface area contributed by atoms with Crippen LogP contribution in [0.25, 0.3) is 22.3 Å². The predicted molar refractivity (Wildman–Crippen MR) is 128 cm³/mol. The maximum absolute atomic E-state index is 13.4. The first-order chi connectivity index (χ1) is 16.3. The molecule has 3 aromatic rings. The molecule has 0 unspecified atom stereocenters. The van der Waals surface area contributed by atoms with Crippen molar-refractivity contribution in [2.45, 2.75) is 38.3 Å². The van der Waals surface area contributed by atoms with Gasteiger partial charge in [0, 0.05) is 18.7 Å². The van der Waals surface area contributed by atoms with E-state index in [1.54, 1.807) is 17.9 Å². The number of hydrogen-bond donors (Lipinski definition) is 1. The molecule has 0 saturated carbocycles. The van der Waals surface area contributed by atoms with Crippen LogP contribution in [0, 0.1) is 6.92 Å². The number of methoxy groups -OCH3 is 1. The van der Waals surface area contributed by atoms with Crippen LogP contribution in [0.2, 0.25) is 0 Å². The molecular weight excluding hydrogens is 456 g/mol. The number of aryl methyl sites for hydroxylation is 1. The van der Waals surface area contributed by atoms with E-state index in [0.29, 0.717) is 46.7 Å². The summed E-state index contributed by atoms with van der Waals surface area (Å²) in [5.41, 5.74) is 3.01. The maximum Gasteiger partial charge on any atom is 0.252 e. The third-order valence-corrected chi connectivity index (χ3v) is 8.27. The van der Waals surface area contributed by atoms with E-state index < -0.39 is 9.84 Å². The summed E-state index contributed by atoms with van der Waals surface area (Å²) in [6, 6.07) is 8.93. The summed E-state index contributed by atoms with van der Waals surface area (Å²) in [5, 5.41) is 8.29. The highest BCUT2D eigenvalue weighted by atomic mass is 32.2. The fraction of sp³-hybridized carbons (Fsp3) is 0.458. The zero-order valence-corrected chi connectivity index (χ0v) is 20.1. The third-order valence-electron chi connectivity index (χ3n) is 6.52. The van der Waals surface area contributed by atoms with E-state index in [1.165, 1.54) is 0 Å². The number of ether oxygens (including phenoxy) is 2. The lowest BCUT2D eigenvalue weighted by atomic mass is 10.0. The minimum atomic E-state index is -3.12. The fourth-order valence-electron chi connectivity index (χ4n) is 4.75. The van der Waals surface area contributed by atoms with Gasteiger partial charge in [-0.1, -0.05) is 12.1 Å². The van der Waals surface area contributed by atoms with Gasteiger partial charge >= 0.3 is 0 Å². The van der Waals surface area contributed by atoms with Crippen molar-refractivity contribution in [3.8, 4) is 17.0 Å². The lowest BCUT2D eigenvalue weighted by Gasteiger charge is -2.14. The molecule has 0 bridgehead atoms. The number of benzene rings is 1. The van der Waals surface area contributed by atoms with Crippen LogP contribution in [0.1, 0.15) is 41.4 Å². The molecule has 2 aromatic heterocycles. The van der Waals surface area contributed by atoms with E-state index in [-0.39, 0.29) is 29.6 Å². The molecule has 0 radical (unpaired) electrons. The lowest BCUT2D eigenvalue weighted by Crippen LogP contribution is -2.32. The summed E-state index contributed by atoms with van der Waals surface area (Å²) >= 11 is 0. The predicted octanol–water partition coefficient (Wildman–Crippen LogP) is 2.68. The second-order valence-corrected chi connectivity index (χ2v) is 11.1. The van der Waals surface area contributed by atoms with Crippen LogP contribution in [0.5, 0.6) is 5.75 Å². The Balaban J connectivity index is 1.61. The molecule has 1 amide bonds. The van der Waals surface area contributed by atoms with Crippen molar-refractivity contribution in [3.63, 3.8) is 0 Å². The van der Waals surface area contributed by atoms with Crippen LogP contribution in [0.4, 0.5) is 0 Å². The standard InChI is InChI=1S/C24H28N4O5S/c1-15-22-20(24(29)25-13-19-7-4-9-33-19)12-21(16-5-3-6-18(11-16)32-2)26-23(22)28(27-15)17-8-10-34(30,31)14-17/h3,5-6,11-12,17,19H,4,7-10,13-14H2,1-2H3,(H,25,29)/t17-,19-/m1/s1. The molecular formula is C24H28N4O5S. The van der Waals surface area contributed by atoms with Gasteiger partial charge in [0.2, 0.25) is 0 Å². The van der Waals surface area contributed by atoms with Crippen molar-refractivity contribution >= 4 is 26.8 Å². The average molecular weight is 485 g/mol. The van der Waals surface area contributed by atoms with Crippen molar-refractivity contribution in [3.05, 3.63) is 41.6 Å². The van der Waals surface area contributed by atoms with Gasteiger partial charge in [-0.25, -0.2) is 18.1 Å². The second kappa shape index (κ2) is 8.99. The van der Waals surface area contributed by atoms with Crippen molar-refractivity contribution in [2.75, 3.05) is 31.8 Å². The third kappa shape index (κ3) is 4.39. The normalized spacial score (nSPS) is 21.7. The molecule has 2 fully saturated rings. The Labute approximate surface area is 198 Å². The summed E-state index contributed by atoms with van der Waals surface area (Å²) < 4.78 is 37.0. The quantitative estimate of drug-likeness (QED) is 0.572. The fourth-order valence-corrected chi connectivity index (χ4v) is 6.44. The van der Waals surface area contributed by atoms with Gasteiger partial charge < -0.3 is 14.8 Å². The first-order valence-corrected chi connectivity index (χ1v) is 13.3. The Morgan fingerprint density at radius 1 is 1.29 bits per heavy atom. The van der Waals surface area contributed by atoms with Crippen LogP contribution in [0.15, 0.2) is 30.3 Å². The molecule has 1 N–H and O–H groups in total. The van der Waals surface area contributed by atoms with Crippen molar-refractivity contribution in [1.82, 2.24) is 20.1 Å². The smallest absolute Gasteiger partial charge is 0.252 e. The van der Waals surface area contributed by atoms with Gasteiger partial charge in [-0.2, -0.15) is 5.10 Å². The second-order valence-electron chi connectivity index (χ2n) is 8.92. The maximum atomic E-state index is 13.4. The number of aromatic nitrogens is 3. The molecule has 10 heteroatoms. The topological polar surface area (TPSA) is 112 Å². The van der Waals surface area contributed by atoms with Crippen LogP contribution >= 0.6 is 0 Å². The van der Waals surface area contributed by atoms with Gasteiger partial charge in [0.1, 0.15) is 5.75 Å². The zero-order chi connectivity index (χ0) is 23.9. The minimum Gasteiger partial charge on any atom is -0.497 e. The van der Waals surface area contributed by atoms with Gasteiger partial charge in [0.25, 0.3) is 5.91 Å². The van der Waals surface area contributed by atoms with E-state index in [0.717, 1.165) is 25.0 Å². The van der Waals surface area contributed by atoms with Crippen LogP contribution in [0.3, 0.4) is 0 Å². The molecule has 1 aromatic carbocycles. The summed E-state index contributed by atoms with van der Waals surface area (Å²) in [6.45, 7) is 2.98. The Hall–Kier alpha value is -2.98. The highest BCUT2D eigenvalue weighted by Gasteiger charge is 2.32. The molecule has 4 heterocycles. The van der Waals surface area contributed by atoms with E-state index >= 15 is 0 Å². The number of pyridine rings is 1. The van der Waals surface area contributed by atoms with E-state index in [1.807, 2.05) is 31.2 Å². The lowest BCUT2D eigenvalue weighted by molar-refractivity contribution is 0.0859. The molecule has 0 aliphatic carbocycles. The molecule has 2 aliphatic rings.